The molecule has 0 saturated carbocycles. The fourth-order valence-corrected chi connectivity index (χ4v) is 8.60. The molecule has 5 nitrogen and oxygen atoms in total. The van der Waals surface area contributed by atoms with Crippen molar-refractivity contribution in [3.63, 3.8) is 0 Å². The normalized spacial score (nSPS) is 24.7. The first-order valence-electron chi connectivity index (χ1n) is 17.6. The first-order valence-corrected chi connectivity index (χ1v) is 19.2. The van der Waals surface area contributed by atoms with Crippen LogP contribution in [0, 0.1) is 0 Å². The van der Waals surface area contributed by atoms with Gasteiger partial charge in [0.05, 0.1) is 19.1 Å². The van der Waals surface area contributed by atoms with Crippen LogP contribution in [-0.2, 0) is 31.1 Å². The summed E-state index contributed by atoms with van der Waals surface area (Å²) in [5.74, 6) is 0. The van der Waals surface area contributed by atoms with Gasteiger partial charge in [-0.25, -0.2) is 9.18 Å². The number of amides is 1. The zero-order valence-electron chi connectivity index (χ0n) is 30.7. The average Bonchev–Trinajstić information content (AvgIpc) is 3.77. The van der Waals surface area contributed by atoms with Gasteiger partial charge in [0.2, 0.25) is 11.2 Å². The molecule has 58 heavy (non-hydrogen) atoms. The summed E-state index contributed by atoms with van der Waals surface area (Å²) < 4.78 is 121. The van der Waals surface area contributed by atoms with Crippen LogP contribution in [0.15, 0.2) is 97.5 Å². The van der Waals surface area contributed by atoms with Crippen molar-refractivity contribution in [1.82, 2.24) is 4.90 Å². The standard InChI is InChI=1S/C42H32Cl4F7NO4/c1-37(2,3)58-36(55)54-22-38(47,28-10-8-24(9-11-28)27-19-40(57-21-27,42(51,52)53)30-14-33(45)17-34(46)15-30)35(54)25-6-4-23(5-7-25)26-18-39(56-20-26,41(48,49)50)29-12-31(43)16-32(44)13-29/h4-17,20-21,35H,18-19,22H2,1-3H3. The Morgan fingerprint density at radius 3 is 1.43 bits per heavy atom. The highest BCUT2D eigenvalue weighted by Gasteiger charge is 2.62. The van der Waals surface area contributed by atoms with Crippen molar-refractivity contribution in [1.29, 1.82) is 0 Å². The summed E-state index contributed by atoms with van der Waals surface area (Å²) in [5.41, 5.74) is -7.75. The van der Waals surface area contributed by atoms with Crippen LogP contribution in [-0.4, -0.2) is 35.5 Å². The Morgan fingerprint density at radius 1 is 0.655 bits per heavy atom. The van der Waals surface area contributed by atoms with Gasteiger partial charge >= 0.3 is 18.4 Å². The zero-order valence-corrected chi connectivity index (χ0v) is 33.7. The zero-order chi connectivity index (χ0) is 42.2. The molecule has 1 amide bonds. The Balaban J connectivity index is 1.16. The number of alkyl halides is 7. The smallest absolute Gasteiger partial charge is 0.432 e. The molecule has 306 valence electrons. The lowest BCUT2D eigenvalue weighted by atomic mass is 9.75. The van der Waals surface area contributed by atoms with E-state index < -0.39 is 66.3 Å². The second-order valence-corrected chi connectivity index (χ2v) is 17.2. The van der Waals surface area contributed by atoms with Gasteiger partial charge in [0, 0.05) is 44.1 Å². The number of hydrogen-bond acceptors (Lipinski definition) is 4. The SMILES string of the molecule is CC(C)(C)OC(=O)N1CC(F)(c2ccc(C3=COC(c4cc(Cl)cc(Cl)c4)(C(F)(F)F)C3)cc2)C1c1ccc(C2=COC(c3cc(Cl)cc(Cl)c3)(C(F)(F)F)C2)cc1. The number of halogens is 11. The van der Waals surface area contributed by atoms with Crippen molar-refractivity contribution in [3.05, 3.63) is 151 Å². The number of carbonyl (C=O) groups is 1. The minimum Gasteiger partial charge on any atom is -0.480 e. The summed E-state index contributed by atoms with van der Waals surface area (Å²) in [6.45, 7) is 4.53. The Labute approximate surface area is 348 Å². The number of rotatable bonds is 6. The molecule has 0 aliphatic carbocycles. The maximum atomic E-state index is 17.4. The van der Waals surface area contributed by atoms with Crippen molar-refractivity contribution in [2.24, 2.45) is 0 Å². The molecule has 1 fully saturated rings. The van der Waals surface area contributed by atoms with Crippen LogP contribution < -0.4 is 0 Å². The average molecular weight is 890 g/mol. The third kappa shape index (κ3) is 7.50. The molecule has 4 aromatic rings. The molecule has 4 atom stereocenters. The molecule has 7 rings (SSSR count). The highest BCUT2D eigenvalue weighted by Crippen LogP contribution is 2.56. The molecular formula is C42H32Cl4F7NO4. The number of carbonyl (C=O) groups excluding carboxylic acids is 1. The second-order valence-electron chi connectivity index (χ2n) is 15.4. The fraction of sp³-hybridized carbons (Fsp3) is 0.310. The molecule has 0 bridgehead atoms. The number of hydrogen-bond donors (Lipinski definition) is 0. The maximum absolute atomic E-state index is 17.4. The number of nitrogens with zero attached hydrogens (tertiary/aromatic N) is 1. The van der Waals surface area contributed by atoms with E-state index >= 15 is 4.39 Å². The van der Waals surface area contributed by atoms with E-state index in [4.69, 9.17) is 60.6 Å². The minimum atomic E-state index is -4.87. The van der Waals surface area contributed by atoms with Crippen LogP contribution in [0.3, 0.4) is 0 Å². The van der Waals surface area contributed by atoms with Gasteiger partial charge in [0.1, 0.15) is 11.6 Å². The largest absolute Gasteiger partial charge is 0.480 e. The Morgan fingerprint density at radius 2 is 1.05 bits per heavy atom. The van der Waals surface area contributed by atoms with Gasteiger partial charge in [-0.1, -0.05) is 94.9 Å². The van der Waals surface area contributed by atoms with Crippen LogP contribution >= 0.6 is 46.4 Å². The van der Waals surface area contributed by atoms with Crippen molar-refractivity contribution in [2.45, 2.75) is 74.5 Å². The van der Waals surface area contributed by atoms with Crippen LogP contribution in [0.5, 0.6) is 0 Å². The highest BCUT2D eigenvalue weighted by molar-refractivity contribution is 6.35. The van der Waals surface area contributed by atoms with E-state index in [0.29, 0.717) is 16.7 Å². The van der Waals surface area contributed by atoms with Crippen LogP contribution in [0.25, 0.3) is 11.1 Å². The summed E-state index contributed by atoms with van der Waals surface area (Å²) in [6.07, 6.45) is -9.74. The highest BCUT2D eigenvalue weighted by atomic mass is 35.5. The van der Waals surface area contributed by atoms with Gasteiger partial charge in [-0.2, -0.15) is 26.3 Å². The van der Waals surface area contributed by atoms with Gasteiger partial charge < -0.3 is 14.2 Å². The summed E-state index contributed by atoms with van der Waals surface area (Å²) in [7, 11) is 0. The van der Waals surface area contributed by atoms with Gasteiger partial charge in [0.25, 0.3) is 0 Å². The Bertz CT molecular complexity index is 2290. The first-order chi connectivity index (χ1) is 26.9. The predicted molar refractivity (Wildman–Crippen MR) is 207 cm³/mol. The third-order valence-electron chi connectivity index (χ3n) is 10.4. The van der Waals surface area contributed by atoms with E-state index in [1.807, 2.05) is 0 Å². The molecule has 0 radical (unpaired) electrons. The molecule has 16 heteroatoms. The molecule has 3 aliphatic heterocycles. The van der Waals surface area contributed by atoms with Gasteiger partial charge in [-0.05, 0) is 90.6 Å². The molecule has 4 aromatic carbocycles. The molecule has 1 saturated heterocycles. The van der Waals surface area contributed by atoms with Crippen molar-refractivity contribution < 1.29 is 49.7 Å². The van der Waals surface area contributed by atoms with E-state index in [1.54, 1.807) is 20.8 Å². The fourth-order valence-electron chi connectivity index (χ4n) is 7.55. The van der Waals surface area contributed by atoms with E-state index in [-0.39, 0.29) is 47.9 Å². The lowest BCUT2D eigenvalue weighted by Crippen LogP contribution is -2.61. The van der Waals surface area contributed by atoms with E-state index in [1.165, 1.54) is 65.6 Å². The lowest BCUT2D eigenvalue weighted by Gasteiger charge is -2.52. The Hall–Kier alpha value is -4.10. The molecule has 3 aliphatic rings. The van der Waals surface area contributed by atoms with E-state index in [0.717, 1.165) is 36.8 Å². The van der Waals surface area contributed by atoms with Gasteiger partial charge in [-0.15, -0.1) is 0 Å². The van der Waals surface area contributed by atoms with Crippen molar-refractivity contribution in [2.75, 3.05) is 6.54 Å². The second kappa shape index (κ2) is 14.6. The first kappa shape index (κ1) is 42.0. The Kier molecular flexibility index (Phi) is 10.6. The number of ether oxygens (including phenoxy) is 3. The summed E-state index contributed by atoms with van der Waals surface area (Å²) in [4.78, 5) is 14.6. The van der Waals surface area contributed by atoms with Crippen LogP contribution in [0.4, 0.5) is 35.5 Å². The van der Waals surface area contributed by atoms with Gasteiger partial charge in [0.15, 0.2) is 5.67 Å². The maximum Gasteiger partial charge on any atom is 0.432 e. The van der Waals surface area contributed by atoms with E-state index in [9.17, 15) is 31.1 Å². The van der Waals surface area contributed by atoms with Crippen LogP contribution in [0.2, 0.25) is 20.1 Å². The number of benzene rings is 4. The monoisotopic (exact) mass is 887 g/mol. The van der Waals surface area contributed by atoms with Gasteiger partial charge in [-0.3, -0.25) is 4.90 Å². The molecular weight excluding hydrogens is 857 g/mol. The number of likely N-dealkylation sites (tertiary alicyclic amines) is 1. The van der Waals surface area contributed by atoms with Crippen molar-refractivity contribution in [3.8, 4) is 0 Å². The predicted octanol–water partition coefficient (Wildman–Crippen LogP) is 13.9. The molecule has 0 aromatic heterocycles. The van der Waals surface area contributed by atoms with E-state index in [2.05, 4.69) is 0 Å². The minimum absolute atomic E-state index is 0.000368. The van der Waals surface area contributed by atoms with Crippen LogP contribution in [0.1, 0.15) is 73.0 Å². The topological polar surface area (TPSA) is 48.0 Å². The summed E-state index contributed by atoms with van der Waals surface area (Å²) in [6, 6.07) is 17.7. The third-order valence-corrected chi connectivity index (χ3v) is 11.2. The molecule has 4 unspecified atom stereocenters. The molecule has 3 heterocycles. The summed E-state index contributed by atoms with van der Waals surface area (Å²) >= 11 is 24.2. The molecule has 0 spiro atoms. The lowest BCUT2D eigenvalue weighted by molar-refractivity contribution is -0.261. The quantitative estimate of drug-likeness (QED) is 0.181. The van der Waals surface area contributed by atoms with Crippen molar-refractivity contribution >= 4 is 63.6 Å². The summed E-state index contributed by atoms with van der Waals surface area (Å²) in [5, 5.41) is -0.00337. The molecule has 0 N–H and O–H groups in total.